The van der Waals surface area contributed by atoms with Gasteiger partial charge in [-0.2, -0.15) is 0 Å². The van der Waals surface area contributed by atoms with Crippen molar-refractivity contribution < 1.29 is 4.74 Å². The second-order valence-corrected chi connectivity index (χ2v) is 5.14. The molecule has 3 aromatic rings. The molecule has 0 spiro atoms. The third-order valence-corrected chi connectivity index (χ3v) is 3.46. The van der Waals surface area contributed by atoms with Crippen LogP contribution in [0.15, 0.2) is 42.6 Å². The molecule has 1 N–H and O–H groups in total. The fourth-order valence-electron chi connectivity index (χ4n) is 2.08. The standard InChI is InChI=1S/C16H14ClN3O/c1-10-7-12(17)4-6-14(10)19-16-18-9-11-3-5-13(21-2)8-15(11)20-16/h3-9H,1-2H3,(H,18,19,20). The molecule has 0 radical (unpaired) electrons. The number of fused-ring (bicyclic) bond motifs is 1. The fraction of sp³-hybridized carbons (Fsp3) is 0.125. The number of rotatable bonds is 3. The van der Waals surface area contributed by atoms with Crippen molar-refractivity contribution in [3.63, 3.8) is 0 Å². The zero-order valence-corrected chi connectivity index (χ0v) is 12.5. The second-order valence-electron chi connectivity index (χ2n) is 4.70. The molecular weight excluding hydrogens is 286 g/mol. The number of hydrogen-bond acceptors (Lipinski definition) is 4. The first-order chi connectivity index (χ1) is 10.2. The van der Waals surface area contributed by atoms with Crippen molar-refractivity contribution >= 4 is 34.1 Å². The van der Waals surface area contributed by atoms with E-state index in [2.05, 4.69) is 15.3 Å². The average molecular weight is 300 g/mol. The van der Waals surface area contributed by atoms with Crippen molar-refractivity contribution in [3.05, 3.63) is 53.2 Å². The summed E-state index contributed by atoms with van der Waals surface area (Å²) in [6.07, 6.45) is 1.79. The van der Waals surface area contributed by atoms with Crippen LogP contribution in [-0.4, -0.2) is 17.1 Å². The molecule has 0 fully saturated rings. The number of aromatic nitrogens is 2. The molecule has 5 heteroatoms. The normalized spacial score (nSPS) is 10.6. The zero-order chi connectivity index (χ0) is 14.8. The van der Waals surface area contributed by atoms with Crippen LogP contribution in [0, 0.1) is 6.92 Å². The van der Waals surface area contributed by atoms with Gasteiger partial charge >= 0.3 is 0 Å². The van der Waals surface area contributed by atoms with Crippen LogP contribution >= 0.6 is 11.6 Å². The molecule has 106 valence electrons. The lowest BCUT2D eigenvalue weighted by Crippen LogP contribution is -1.98. The van der Waals surface area contributed by atoms with E-state index in [1.54, 1.807) is 13.3 Å². The van der Waals surface area contributed by atoms with E-state index in [1.807, 2.05) is 43.3 Å². The number of aryl methyl sites for hydroxylation is 1. The summed E-state index contributed by atoms with van der Waals surface area (Å²) in [6.45, 7) is 1.98. The molecule has 0 saturated carbocycles. The molecule has 1 aromatic heterocycles. The first-order valence-electron chi connectivity index (χ1n) is 6.50. The lowest BCUT2D eigenvalue weighted by atomic mass is 10.2. The zero-order valence-electron chi connectivity index (χ0n) is 11.7. The van der Waals surface area contributed by atoms with Crippen LogP contribution in [0.1, 0.15) is 5.56 Å². The molecule has 0 saturated heterocycles. The van der Waals surface area contributed by atoms with E-state index < -0.39 is 0 Å². The highest BCUT2D eigenvalue weighted by Gasteiger charge is 2.04. The minimum atomic E-state index is 0.543. The highest BCUT2D eigenvalue weighted by molar-refractivity contribution is 6.30. The molecule has 0 aliphatic carbocycles. The summed E-state index contributed by atoms with van der Waals surface area (Å²) >= 11 is 5.96. The number of nitrogens with zero attached hydrogens (tertiary/aromatic N) is 2. The molecule has 0 aliphatic heterocycles. The SMILES string of the molecule is COc1ccc2cnc(Nc3ccc(Cl)cc3C)nc2c1. The van der Waals surface area contributed by atoms with Crippen LogP contribution in [0.2, 0.25) is 5.02 Å². The number of methoxy groups -OCH3 is 1. The average Bonchev–Trinajstić information content (AvgIpc) is 2.49. The van der Waals surface area contributed by atoms with Gasteiger partial charge in [-0.1, -0.05) is 11.6 Å². The van der Waals surface area contributed by atoms with Crippen molar-refractivity contribution in [2.75, 3.05) is 12.4 Å². The Morgan fingerprint density at radius 1 is 1.14 bits per heavy atom. The molecule has 0 amide bonds. The Balaban J connectivity index is 1.96. The monoisotopic (exact) mass is 299 g/mol. The highest BCUT2D eigenvalue weighted by atomic mass is 35.5. The van der Waals surface area contributed by atoms with Gasteiger partial charge in [0.1, 0.15) is 5.75 Å². The van der Waals surface area contributed by atoms with Crippen molar-refractivity contribution in [2.45, 2.75) is 6.92 Å². The summed E-state index contributed by atoms with van der Waals surface area (Å²) in [5.41, 5.74) is 2.80. The maximum atomic E-state index is 5.96. The van der Waals surface area contributed by atoms with Crippen LogP contribution in [-0.2, 0) is 0 Å². The van der Waals surface area contributed by atoms with Gasteiger partial charge in [0.15, 0.2) is 0 Å². The molecule has 2 aromatic carbocycles. The van der Waals surface area contributed by atoms with Gasteiger partial charge in [-0.3, -0.25) is 0 Å². The molecule has 1 heterocycles. The van der Waals surface area contributed by atoms with E-state index in [4.69, 9.17) is 16.3 Å². The number of ether oxygens (including phenoxy) is 1. The Bertz CT molecular complexity index is 805. The van der Waals surface area contributed by atoms with Crippen molar-refractivity contribution in [1.29, 1.82) is 0 Å². The summed E-state index contributed by atoms with van der Waals surface area (Å²) < 4.78 is 5.22. The minimum Gasteiger partial charge on any atom is -0.497 e. The van der Waals surface area contributed by atoms with Crippen LogP contribution < -0.4 is 10.1 Å². The van der Waals surface area contributed by atoms with Crippen LogP contribution in [0.25, 0.3) is 10.9 Å². The van der Waals surface area contributed by atoms with Crippen LogP contribution in [0.3, 0.4) is 0 Å². The number of nitrogens with one attached hydrogen (secondary N) is 1. The van der Waals surface area contributed by atoms with Gasteiger partial charge in [0, 0.05) is 28.4 Å². The quantitative estimate of drug-likeness (QED) is 0.781. The second kappa shape index (κ2) is 5.58. The Kier molecular flexibility index (Phi) is 3.62. The molecular formula is C16H14ClN3O. The number of anilines is 2. The van der Waals surface area contributed by atoms with Gasteiger partial charge in [-0.05, 0) is 42.8 Å². The summed E-state index contributed by atoms with van der Waals surface area (Å²) in [6, 6.07) is 11.4. The van der Waals surface area contributed by atoms with Gasteiger partial charge < -0.3 is 10.1 Å². The van der Waals surface area contributed by atoms with E-state index in [-0.39, 0.29) is 0 Å². The predicted octanol–water partition coefficient (Wildman–Crippen LogP) is 4.34. The lowest BCUT2D eigenvalue weighted by molar-refractivity contribution is 0.415. The van der Waals surface area contributed by atoms with Crippen LogP contribution in [0.5, 0.6) is 5.75 Å². The van der Waals surface area contributed by atoms with Gasteiger partial charge in [-0.25, -0.2) is 9.97 Å². The smallest absolute Gasteiger partial charge is 0.227 e. The molecule has 0 atom stereocenters. The van der Waals surface area contributed by atoms with Gasteiger partial charge in [0.2, 0.25) is 5.95 Å². The van der Waals surface area contributed by atoms with Crippen molar-refractivity contribution in [2.24, 2.45) is 0 Å². The molecule has 4 nitrogen and oxygen atoms in total. The highest BCUT2D eigenvalue weighted by Crippen LogP contribution is 2.24. The minimum absolute atomic E-state index is 0.543. The Labute approximate surface area is 127 Å². The van der Waals surface area contributed by atoms with Crippen molar-refractivity contribution in [1.82, 2.24) is 9.97 Å². The molecule has 0 unspecified atom stereocenters. The molecule has 0 aliphatic rings. The first-order valence-corrected chi connectivity index (χ1v) is 6.87. The first kappa shape index (κ1) is 13.6. The van der Waals surface area contributed by atoms with Crippen LogP contribution in [0.4, 0.5) is 11.6 Å². The van der Waals surface area contributed by atoms with E-state index in [0.29, 0.717) is 11.0 Å². The Morgan fingerprint density at radius 2 is 2.00 bits per heavy atom. The van der Waals surface area contributed by atoms with Crippen molar-refractivity contribution in [3.8, 4) is 5.75 Å². The predicted molar refractivity (Wildman–Crippen MR) is 85.6 cm³/mol. The topological polar surface area (TPSA) is 47.0 Å². The maximum absolute atomic E-state index is 5.96. The van der Waals surface area contributed by atoms with E-state index in [9.17, 15) is 0 Å². The number of hydrogen-bond donors (Lipinski definition) is 1. The van der Waals surface area contributed by atoms with E-state index in [0.717, 1.165) is 27.9 Å². The fourth-order valence-corrected chi connectivity index (χ4v) is 2.30. The third kappa shape index (κ3) is 2.90. The molecule has 3 rings (SSSR count). The molecule has 0 bridgehead atoms. The van der Waals surface area contributed by atoms with Gasteiger partial charge in [-0.15, -0.1) is 0 Å². The van der Waals surface area contributed by atoms with E-state index >= 15 is 0 Å². The largest absolute Gasteiger partial charge is 0.497 e. The third-order valence-electron chi connectivity index (χ3n) is 3.22. The summed E-state index contributed by atoms with van der Waals surface area (Å²) in [5.74, 6) is 1.32. The number of halogens is 1. The maximum Gasteiger partial charge on any atom is 0.227 e. The lowest BCUT2D eigenvalue weighted by Gasteiger charge is -2.09. The molecule has 21 heavy (non-hydrogen) atoms. The summed E-state index contributed by atoms with van der Waals surface area (Å²) in [4.78, 5) is 8.83. The van der Waals surface area contributed by atoms with Gasteiger partial charge in [0.25, 0.3) is 0 Å². The summed E-state index contributed by atoms with van der Waals surface area (Å²) in [5, 5.41) is 4.88. The Hall–Kier alpha value is -2.33. The summed E-state index contributed by atoms with van der Waals surface area (Å²) in [7, 11) is 1.64. The Morgan fingerprint density at radius 3 is 2.76 bits per heavy atom. The van der Waals surface area contributed by atoms with E-state index in [1.165, 1.54) is 0 Å². The van der Waals surface area contributed by atoms with Gasteiger partial charge in [0.05, 0.1) is 12.6 Å². The number of benzene rings is 2.